The van der Waals surface area contributed by atoms with Gasteiger partial charge in [0.1, 0.15) is 0 Å². The Morgan fingerprint density at radius 1 is 0.315 bits per heavy atom. The van der Waals surface area contributed by atoms with Crippen LogP contribution in [-0.2, 0) is 0 Å². The van der Waals surface area contributed by atoms with Crippen LogP contribution in [0.5, 0.6) is 0 Å². The minimum Gasteiger partial charge on any atom is -0.208 e. The molecule has 3 nitrogen and oxygen atoms in total. The molecule has 5 heteroatoms. The van der Waals surface area contributed by atoms with Gasteiger partial charge in [-0.15, -0.1) is 22.7 Å². The third-order valence-corrected chi connectivity index (χ3v) is 12.8. The van der Waals surface area contributed by atoms with Crippen LogP contribution in [0.4, 0.5) is 0 Å². The van der Waals surface area contributed by atoms with Gasteiger partial charge < -0.3 is 0 Å². The molecule has 0 spiro atoms. The van der Waals surface area contributed by atoms with E-state index in [-0.39, 0.29) is 0 Å². The van der Waals surface area contributed by atoms with Crippen molar-refractivity contribution in [1.82, 2.24) is 15.0 Å². The quantitative estimate of drug-likeness (QED) is 0.177. The topological polar surface area (TPSA) is 38.7 Å². The van der Waals surface area contributed by atoms with E-state index in [4.69, 9.17) is 15.0 Å². The first-order valence-electron chi connectivity index (χ1n) is 18.0. The molecule has 3 heterocycles. The number of hydrogen-bond acceptors (Lipinski definition) is 5. The maximum absolute atomic E-state index is 5.45. The van der Waals surface area contributed by atoms with Crippen LogP contribution in [0.25, 0.3) is 108 Å². The summed E-state index contributed by atoms with van der Waals surface area (Å²) in [5, 5.41) is 7.16. The van der Waals surface area contributed by atoms with Crippen molar-refractivity contribution < 1.29 is 0 Å². The lowest BCUT2D eigenvalue weighted by molar-refractivity contribution is 1.08. The van der Waals surface area contributed by atoms with Gasteiger partial charge >= 0.3 is 0 Å². The fourth-order valence-corrected chi connectivity index (χ4v) is 10.2. The Labute approximate surface area is 319 Å². The Morgan fingerprint density at radius 2 is 0.833 bits per heavy atom. The summed E-state index contributed by atoms with van der Waals surface area (Å²) in [4.78, 5) is 16.3. The largest absolute Gasteiger partial charge is 0.208 e. The molecule has 11 aromatic rings. The molecule has 3 aromatic heterocycles. The smallest absolute Gasteiger partial charge is 0.165 e. The third kappa shape index (κ3) is 5.05. The minimum atomic E-state index is 0.656. The van der Waals surface area contributed by atoms with E-state index in [9.17, 15) is 0 Å². The number of fused-ring (bicyclic) bond motifs is 7. The highest BCUT2D eigenvalue weighted by atomic mass is 32.1. The zero-order valence-electron chi connectivity index (χ0n) is 28.9. The summed E-state index contributed by atoms with van der Waals surface area (Å²) < 4.78 is 4.85. The van der Waals surface area contributed by atoms with Crippen LogP contribution in [0.3, 0.4) is 0 Å². The molecule has 0 bridgehead atoms. The lowest BCUT2D eigenvalue weighted by atomic mass is 9.91. The van der Waals surface area contributed by atoms with Gasteiger partial charge in [0, 0.05) is 57.0 Å². The van der Waals surface area contributed by atoms with Gasteiger partial charge in [-0.3, -0.25) is 0 Å². The van der Waals surface area contributed by atoms with Crippen LogP contribution in [0.15, 0.2) is 176 Å². The Morgan fingerprint density at radius 3 is 1.44 bits per heavy atom. The van der Waals surface area contributed by atoms with Gasteiger partial charge in [0.05, 0.1) is 0 Å². The molecule has 0 saturated heterocycles. The van der Waals surface area contributed by atoms with Gasteiger partial charge in [0.15, 0.2) is 17.5 Å². The zero-order chi connectivity index (χ0) is 35.6. The van der Waals surface area contributed by atoms with Crippen molar-refractivity contribution in [3.05, 3.63) is 176 Å². The van der Waals surface area contributed by atoms with Gasteiger partial charge in [0.25, 0.3) is 0 Å². The van der Waals surface area contributed by atoms with Gasteiger partial charge in [-0.2, -0.15) is 0 Å². The Bertz CT molecular complexity index is 3090. The summed E-state index contributed by atoms with van der Waals surface area (Å²) in [5.41, 5.74) is 7.57. The van der Waals surface area contributed by atoms with Gasteiger partial charge in [-0.05, 0) is 63.4 Å². The second-order valence-electron chi connectivity index (χ2n) is 13.5. The van der Waals surface area contributed by atoms with E-state index >= 15 is 0 Å². The molecule has 0 saturated carbocycles. The predicted octanol–water partition coefficient (Wildman–Crippen LogP) is 14.1. The van der Waals surface area contributed by atoms with Crippen molar-refractivity contribution in [1.29, 1.82) is 0 Å². The molecule has 0 aliphatic carbocycles. The van der Waals surface area contributed by atoms with Crippen LogP contribution in [0.2, 0.25) is 0 Å². The van der Waals surface area contributed by atoms with Crippen LogP contribution in [-0.4, -0.2) is 15.0 Å². The Hall–Kier alpha value is -6.53. The lowest BCUT2D eigenvalue weighted by Crippen LogP contribution is -2.02. The summed E-state index contributed by atoms with van der Waals surface area (Å²) in [7, 11) is 0. The average Bonchev–Trinajstić information content (AvgIpc) is 3.82. The Kier molecular flexibility index (Phi) is 7.22. The second kappa shape index (κ2) is 12.6. The third-order valence-electron chi connectivity index (χ3n) is 10.4. The van der Waals surface area contributed by atoms with Gasteiger partial charge in [-0.1, -0.05) is 146 Å². The first-order valence-corrected chi connectivity index (χ1v) is 19.7. The summed E-state index contributed by atoms with van der Waals surface area (Å²) in [6.45, 7) is 0. The number of rotatable bonds is 5. The van der Waals surface area contributed by atoms with Gasteiger partial charge in [0.2, 0.25) is 0 Å². The minimum absolute atomic E-state index is 0.656. The highest BCUT2D eigenvalue weighted by molar-refractivity contribution is 7.26. The molecule has 0 unspecified atom stereocenters. The fraction of sp³-hybridized carbons (Fsp3) is 0. The molecule has 0 radical (unpaired) electrons. The normalized spacial score (nSPS) is 11.7. The summed E-state index contributed by atoms with van der Waals surface area (Å²) in [6.07, 6.45) is 0. The van der Waals surface area contributed by atoms with E-state index in [0.717, 1.165) is 38.6 Å². The molecule has 0 aliphatic heterocycles. The molecule has 0 N–H and O–H groups in total. The van der Waals surface area contributed by atoms with Crippen LogP contribution >= 0.6 is 22.7 Å². The average molecular weight is 724 g/mol. The highest BCUT2D eigenvalue weighted by Gasteiger charge is 2.22. The molecule has 0 atom stereocenters. The number of thiophene rings is 2. The molecular formula is C49H29N3S2. The van der Waals surface area contributed by atoms with E-state index in [2.05, 4.69) is 176 Å². The fourth-order valence-electron chi connectivity index (χ4n) is 7.81. The van der Waals surface area contributed by atoms with Crippen LogP contribution in [0, 0.1) is 0 Å². The number of hydrogen-bond donors (Lipinski definition) is 0. The molecule has 8 aromatic carbocycles. The summed E-state index contributed by atoms with van der Waals surface area (Å²) in [6, 6.07) is 62.6. The molecule has 11 rings (SSSR count). The maximum Gasteiger partial charge on any atom is 0.165 e. The number of aromatic nitrogens is 3. The van der Waals surface area contributed by atoms with Crippen LogP contribution in [0.1, 0.15) is 0 Å². The molecule has 0 amide bonds. The van der Waals surface area contributed by atoms with E-state index in [0.29, 0.717) is 17.5 Å². The van der Waals surface area contributed by atoms with Gasteiger partial charge in [-0.25, -0.2) is 15.0 Å². The zero-order valence-corrected chi connectivity index (χ0v) is 30.5. The second-order valence-corrected chi connectivity index (χ2v) is 15.6. The van der Waals surface area contributed by atoms with Crippen molar-refractivity contribution in [3.8, 4) is 56.4 Å². The maximum atomic E-state index is 5.45. The van der Waals surface area contributed by atoms with E-state index in [1.807, 2.05) is 0 Å². The van der Waals surface area contributed by atoms with Crippen molar-refractivity contribution in [2.45, 2.75) is 0 Å². The van der Waals surface area contributed by atoms with Crippen molar-refractivity contribution in [2.24, 2.45) is 0 Å². The van der Waals surface area contributed by atoms with Crippen molar-refractivity contribution in [3.63, 3.8) is 0 Å². The monoisotopic (exact) mass is 723 g/mol. The number of nitrogens with zero attached hydrogens (tertiary/aromatic N) is 3. The molecule has 54 heavy (non-hydrogen) atoms. The first-order chi connectivity index (χ1) is 26.8. The SMILES string of the molecule is c1ccc(-c2ccc3c(-c4nc(-c5cccc6c5sc5ccccc56)nc(-c5cccc6c5sc5ccccc56)n4)c(-c4ccccc4)ccc3c2)cc1. The molecular weight excluding hydrogens is 695 g/mol. The van der Waals surface area contributed by atoms with E-state index in [1.165, 1.54) is 51.5 Å². The van der Waals surface area contributed by atoms with Crippen molar-refractivity contribution in [2.75, 3.05) is 0 Å². The van der Waals surface area contributed by atoms with Crippen molar-refractivity contribution >= 4 is 73.8 Å². The number of benzene rings is 8. The molecule has 0 fully saturated rings. The van der Waals surface area contributed by atoms with E-state index < -0.39 is 0 Å². The lowest BCUT2D eigenvalue weighted by Gasteiger charge is -2.16. The highest BCUT2D eigenvalue weighted by Crippen LogP contribution is 2.44. The molecule has 252 valence electrons. The first kappa shape index (κ1) is 31.0. The Balaban J connectivity index is 1.23. The molecule has 0 aliphatic rings. The summed E-state index contributed by atoms with van der Waals surface area (Å²) in [5.74, 6) is 1.99. The van der Waals surface area contributed by atoms with E-state index in [1.54, 1.807) is 22.7 Å². The summed E-state index contributed by atoms with van der Waals surface area (Å²) >= 11 is 3.59. The predicted molar refractivity (Wildman–Crippen MR) is 230 cm³/mol. The standard InChI is InChI=1S/C49H29N3S2/c1-3-13-30(14-4-1)32-25-27-35-33(29-32)26-28-34(31-15-5-2-6-16-31)44(35)49-51-47(40-21-11-19-38-36-17-7-9-23-42(36)53-45(38)40)50-48(52-49)41-22-12-20-39-37-18-8-10-24-43(37)54-46(39)41/h1-29H. The van der Waals surface area contributed by atoms with Crippen LogP contribution < -0.4 is 0 Å².